The molecule has 2 N–H and O–H groups in total. The van der Waals surface area contributed by atoms with E-state index >= 15 is 0 Å². The Bertz CT molecular complexity index is 182. The number of likely N-dealkylation sites (tertiary alicyclic amines) is 1. The fourth-order valence-corrected chi connectivity index (χ4v) is 2.79. The van der Waals surface area contributed by atoms with Crippen molar-refractivity contribution < 1.29 is 0 Å². The third kappa shape index (κ3) is 4.40. The molecule has 0 aromatic carbocycles. The third-order valence-corrected chi connectivity index (χ3v) is 3.60. The molecule has 1 heterocycles. The van der Waals surface area contributed by atoms with Crippen molar-refractivity contribution >= 4 is 0 Å². The Morgan fingerprint density at radius 2 is 2.19 bits per heavy atom. The van der Waals surface area contributed by atoms with Crippen LogP contribution in [0, 0.1) is 5.92 Å². The maximum atomic E-state index is 5.85. The Hall–Kier alpha value is -0.120. The van der Waals surface area contributed by atoms with Gasteiger partial charge in [0.25, 0.3) is 0 Å². The molecule has 0 aromatic heterocycles. The predicted octanol–water partition coefficient (Wildman–Crippen LogP) is 1.39. The molecule has 0 aliphatic carbocycles. The van der Waals surface area contributed by atoms with E-state index in [0.717, 1.165) is 12.6 Å². The van der Waals surface area contributed by atoms with Crippen LogP contribution in [0.5, 0.6) is 0 Å². The van der Waals surface area contributed by atoms with Crippen molar-refractivity contribution in [2.45, 2.75) is 38.6 Å². The highest BCUT2D eigenvalue weighted by atomic mass is 15.2. The molecule has 0 saturated carbocycles. The van der Waals surface area contributed by atoms with Crippen LogP contribution in [-0.2, 0) is 0 Å². The molecule has 3 nitrogen and oxygen atoms in total. The maximum absolute atomic E-state index is 5.85. The quantitative estimate of drug-likeness (QED) is 0.713. The molecule has 3 heteroatoms. The van der Waals surface area contributed by atoms with Gasteiger partial charge in [0, 0.05) is 19.1 Å². The number of nitrogens with two attached hydrogens (primary N) is 1. The van der Waals surface area contributed by atoms with Gasteiger partial charge in [-0.05, 0) is 52.4 Å². The molecule has 1 aliphatic heterocycles. The van der Waals surface area contributed by atoms with Crippen LogP contribution in [-0.4, -0.2) is 56.1 Å². The summed E-state index contributed by atoms with van der Waals surface area (Å²) in [5.74, 6) is 0.702. The summed E-state index contributed by atoms with van der Waals surface area (Å²) >= 11 is 0. The van der Waals surface area contributed by atoms with Gasteiger partial charge in [-0.15, -0.1) is 0 Å². The molecule has 0 aromatic rings. The van der Waals surface area contributed by atoms with Gasteiger partial charge >= 0.3 is 0 Å². The smallest absolute Gasteiger partial charge is 0.0223 e. The minimum absolute atomic E-state index is 0.702. The molecule has 2 unspecified atom stereocenters. The number of likely N-dealkylation sites (N-methyl/N-ethyl adjacent to an activating group) is 1. The number of nitrogens with zero attached hydrogens (tertiary/aromatic N) is 2. The first-order valence-electron chi connectivity index (χ1n) is 6.76. The Morgan fingerprint density at radius 3 is 2.75 bits per heavy atom. The molecule has 2 atom stereocenters. The van der Waals surface area contributed by atoms with Gasteiger partial charge < -0.3 is 10.6 Å². The molecule has 1 saturated heterocycles. The fraction of sp³-hybridized carbons (Fsp3) is 1.00. The molecule has 0 spiro atoms. The molecular weight excluding hydrogens is 198 g/mol. The van der Waals surface area contributed by atoms with E-state index in [9.17, 15) is 0 Å². The van der Waals surface area contributed by atoms with Crippen molar-refractivity contribution in [1.29, 1.82) is 0 Å². The van der Waals surface area contributed by atoms with Gasteiger partial charge in [0.1, 0.15) is 0 Å². The maximum Gasteiger partial charge on any atom is 0.0223 e. The normalized spacial score (nSPS) is 24.2. The molecule has 1 rings (SSSR count). The zero-order valence-corrected chi connectivity index (χ0v) is 11.3. The van der Waals surface area contributed by atoms with E-state index in [1.807, 2.05) is 0 Å². The highest BCUT2D eigenvalue weighted by Crippen LogP contribution is 2.20. The van der Waals surface area contributed by atoms with Gasteiger partial charge in [0.15, 0.2) is 0 Å². The molecule has 1 aliphatic rings. The van der Waals surface area contributed by atoms with E-state index in [-0.39, 0.29) is 0 Å². The van der Waals surface area contributed by atoms with Crippen molar-refractivity contribution in [3.05, 3.63) is 0 Å². The second-order valence-corrected chi connectivity index (χ2v) is 5.44. The van der Waals surface area contributed by atoms with Crippen molar-refractivity contribution in [3.8, 4) is 0 Å². The lowest BCUT2D eigenvalue weighted by atomic mass is 10.0. The lowest BCUT2D eigenvalue weighted by molar-refractivity contribution is 0.179. The molecule has 0 amide bonds. The van der Waals surface area contributed by atoms with E-state index < -0.39 is 0 Å². The van der Waals surface area contributed by atoms with Crippen LogP contribution in [0.4, 0.5) is 0 Å². The SMILES string of the molecule is CCCC(CN)CN1CCCC1CN(C)C. The van der Waals surface area contributed by atoms with E-state index in [1.165, 1.54) is 45.3 Å². The highest BCUT2D eigenvalue weighted by Gasteiger charge is 2.26. The van der Waals surface area contributed by atoms with E-state index in [4.69, 9.17) is 5.73 Å². The van der Waals surface area contributed by atoms with Crippen LogP contribution in [0.1, 0.15) is 32.6 Å². The van der Waals surface area contributed by atoms with Crippen molar-refractivity contribution in [2.75, 3.05) is 40.3 Å². The Labute approximate surface area is 101 Å². The summed E-state index contributed by atoms with van der Waals surface area (Å²) in [6.45, 7) is 6.79. The topological polar surface area (TPSA) is 32.5 Å². The second kappa shape index (κ2) is 7.25. The largest absolute Gasteiger partial charge is 0.330 e. The first-order valence-corrected chi connectivity index (χ1v) is 6.76. The highest BCUT2D eigenvalue weighted by molar-refractivity contribution is 4.82. The van der Waals surface area contributed by atoms with Crippen LogP contribution in [0.15, 0.2) is 0 Å². The monoisotopic (exact) mass is 227 g/mol. The minimum atomic E-state index is 0.702. The van der Waals surface area contributed by atoms with Crippen molar-refractivity contribution in [1.82, 2.24) is 9.80 Å². The standard InChI is InChI=1S/C13H29N3/c1-4-6-12(9-14)10-16-8-5-7-13(16)11-15(2)3/h12-13H,4-11,14H2,1-3H3. The summed E-state index contributed by atoms with van der Waals surface area (Å²) in [7, 11) is 4.34. The molecule has 16 heavy (non-hydrogen) atoms. The van der Waals surface area contributed by atoms with Crippen molar-refractivity contribution in [3.63, 3.8) is 0 Å². The summed E-state index contributed by atoms with van der Waals surface area (Å²) in [6.07, 6.45) is 5.26. The van der Waals surface area contributed by atoms with Crippen LogP contribution in [0.25, 0.3) is 0 Å². The zero-order chi connectivity index (χ0) is 12.0. The minimum Gasteiger partial charge on any atom is -0.330 e. The Morgan fingerprint density at radius 1 is 1.44 bits per heavy atom. The third-order valence-electron chi connectivity index (χ3n) is 3.60. The summed E-state index contributed by atoms with van der Waals surface area (Å²) < 4.78 is 0. The lowest BCUT2D eigenvalue weighted by Crippen LogP contribution is -2.41. The molecule has 0 bridgehead atoms. The Kier molecular flexibility index (Phi) is 6.32. The van der Waals surface area contributed by atoms with E-state index in [2.05, 4.69) is 30.8 Å². The molecule has 96 valence electrons. The molecule has 0 radical (unpaired) electrons. The Balaban J connectivity index is 2.38. The van der Waals surface area contributed by atoms with Gasteiger partial charge in [-0.25, -0.2) is 0 Å². The average molecular weight is 227 g/mol. The molecule has 1 fully saturated rings. The van der Waals surface area contributed by atoms with Crippen LogP contribution < -0.4 is 5.73 Å². The van der Waals surface area contributed by atoms with Crippen LogP contribution >= 0.6 is 0 Å². The predicted molar refractivity (Wildman–Crippen MR) is 70.6 cm³/mol. The van der Waals surface area contributed by atoms with E-state index in [1.54, 1.807) is 0 Å². The summed E-state index contributed by atoms with van der Waals surface area (Å²) in [5, 5.41) is 0. The summed E-state index contributed by atoms with van der Waals surface area (Å²) in [6, 6.07) is 0.765. The average Bonchev–Trinajstić information content (AvgIpc) is 2.64. The number of rotatable bonds is 7. The number of hydrogen-bond acceptors (Lipinski definition) is 3. The summed E-state index contributed by atoms with van der Waals surface area (Å²) in [4.78, 5) is 4.97. The van der Waals surface area contributed by atoms with E-state index in [0.29, 0.717) is 5.92 Å². The lowest BCUT2D eigenvalue weighted by Gasteiger charge is -2.30. The van der Waals surface area contributed by atoms with Gasteiger partial charge in [-0.3, -0.25) is 4.90 Å². The fourth-order valence-electron chi connectivity index (χ4n) is 2.79. The van der Waals surface area contributed by atoms with Crippen LogP contribution in [0.2, 0.25) is 0 Å². The van der Waals surface area contributed by atoms with Crippen molar-refractivity contribution in [2.24, 2.45) is 11.7 Å². The van der Waals surface area contributed by atoms with Gasteiger partial charge in [0.05, 0.1) is 0 Å². The first kappa shape index (κ1) is 13.9. The van der Waals surface area contributed by atoms with Gasteiger partial charge in [-0.1, -0.05) is 13.3 Å². The first-order chi connectivity index (χ1) is 7.67. The zero-order valence-electron chi connectivity index (χ0n) is 11.3. The summed E-state index contributed by atoms with van der Waals surface area (Å²) in [5.41, 5.74) is 5.85. The second-order valence-electron chi connectivity index (χ2n) is 5.44. The van der Waals surface area contributed by atoms with Crippen LogP contribution in [0.3, 0.4) is 0 Å². The molecular formula is C13H29N3. The van der Waals surface area contributed by atoms with Gasteiger partial charge in [0.2, 0.25) is 0 Å². The number of hydrogen-bond donors (Lipinski definition) is 1. The van der Waals surface area contributed by atoms with Gasteiger partial charge in [-0.2, -0.15) is 0 Å².